The Bertz CT molecular complexity index is 968. The lowest BCUT2D eigenvalue weighted by Gasteiger charge is -2.46. The van der Waals surface area contributed by atoms with Crippen LogP contribution in [0.2, 0.25) is 0 Å². The molecule has 14 nitrogen and oxygen atoms in total. The first-order chi connectivity index (χ1) is 22.0. The van der Waals surface area contributed by atoms with Crippen molar-refractivity contribution in [2.24, 2.45) is 0 Å². The van der Waals surface area contributed by atoms with Gasteiger partial charge in [-0.1, -0.05) is 55.7 Å². The molecule has 2 aliphatic heterocycles. The highest BCUT2D eigenvalue weighted by Crippen LogP contribution is 2.30. The molecular weight excluding hydrogens is 608 g/mol. The molecule has 7 N–H and O–H groups in total. The number of rotatable bonds is 20. The minimum Gasteiger partial charge on any atom is -0.481 e. The Kier molecular flexibility index (Phi) is 18.8. The van der Waals surface area contributed by atoms with Crippen molar-refractivity contribution >= 4 is 11.9 Å². The fraction of sp³-hybridized carbons (Fsp3) is 0.750. The van der Waals surface area contributed by atoms with Crippen LogP contribution in [0.25, 0.3) is 0 Å². The maximum Gasteiger partial charge on any atom is 0.303 e. The molecule has 0 aromatic carbocycles. The van der Waals surface area contributed by atoms with Gasteiger partial charge in [0.15, 0.2) is 12.6 Å². The molecule has 2 saturated heterocycles. The third-order valence-corrected chi connectivity index (χ3v) is 7.63. The van der Waals surface area contributed by atoms with E-state index in [1.807, 2.05) is 18.2 Å². The predicted octanol–water partition coefficient (Wildman–Crippen LogP) is 0.851. The fourth-order valence-corrected chi connectivity index (χ4v) is 4.99. The van der Waals surface area contributed by atoms with E-state index in [0.717, 1.165) is 44.9 Å². The Morgan fingerprint density at radius 2 is 1.37 bits per heavy atom. The van der Waals surface area contributed by atoms with Crippen LogP contribution < -0.4 is 0 Å². The van der Waals surface area contributed by atoms with Gasteiger partial charge >= 0.3 is 11.9 Å². The minimum absolute atomic E-state index is 0.237. The van der Waals surface area contributed by atoms with Crippen molar-refractivity contribution in [3.8, 4) is 0 Å². The van der Waals surface area contributed by atoms with Gasteiger partial charge in [0.25, 0.3) is 0 Å². The van der Waals surface area contributed by atoms with E-state index in [1.54, 1.807) is 13.0 Å². The number of ether oxygens (including phenoxy) is 5. The number of esters is 1. The smallest absolute Gasteiger partial charge is 0.303 e. The highest BCUT2D eigenvalue weighted by atomic mass is 16.8. The van der Waals surface area contributed by atoms with Crippen molar-refractivity contribution in [2.75, 3.05) is 13.2 Å². The third kappa shape index (κ3) is 13.9. The number of aliphatic hydroxyl groups excluding tert-OH is 6. The highest BCUT2D eigenvalue weighted by Gasteiger charge is 2.51. The Balaban J connectivity index is 1.88. The van der Waals surface area contributed by atoms with E-state index in [4.69, 9.17) is 28.8 Å². The maximum atomic E-state index is 11.3. The summed E-state index contributed by atoms with van der Waals surface area (Å²) in [6, 6.07) is 0. The number of carbonyl (C=O) groups excluding carboxylic acids is 1. The molecule has 264 valence electrons. The number of carboxylic acid groups (broad SMARTS) is 1. The number of carbonyl (C=O) groups is 2. The van der Waals surface area contributed by atoms with Crippen molar-refractivity contribution in [2.45, 2.75) is 139 Å². The van der Waals surface area contributed by atoms with E-state index in [1.165, 1.54) is 6.92 Å². The molecule has 0 unspecified atom stereocenters. The zero-order chi connectivity index (χ0) is 34.1. The van der Waals surface area contributed by atoms with Crippen molar-refractivity contribution in [1.82, 2.24) is 0 Å². The summed E-state index contributed by atoms with van der Waals surface area (Å²) in [4.78, 5) is 21.8. The largest absolute Gasteiger partial charge is 0.481 e. The van der Waals surface area contributed by atoms with Crippen LogP contribution in [0.15, 0.2) is 36.5 Å². The lowest BCUT2D eigenvalue weighted by atomic mass is 9.97. The summed E-state index contributed by atoms with van der Waals surface area (Å²) >= 11 is 0. The van der Waals surface area contributed by atoms with Gasteiger partial charge in [0.05, 0.1) is 12.7 Å². The van der Waals surface area contributed by atoms with E-state index in [2.05, 4.69) is 12.2 Å². The quantitative estimate of drug-likeness (QED) is 0.0547. The summed E-state index contributed by atoms with van der Waals surface area (Å²) in [7, 11) is 0. The SMILES string of the molecule is CC(=O)OC[C@H]1O[C@@H](O[C@@H](C)/C=C\C/C=C\C/C=C\CCCCCCCC(=O)O)[C@H](O[C@@H]2O[C@H](CO)[C@@H](O)[C@H](O)[C@H]2O)[C@@H](O)[C@@H]1O. The molecule has 2 heterocycles. The Labute approximate surface area is 269 Å². The number of hydrogen-bond acceptors (Lipinski definition) is 13. The molecule has 0 aliphatic carbocycles. The summed E-state index contributed by atoms with van der Waals surface area (Å²) in [6.45, 7) is 1.83. The zero-order valence-electron chi connectivity index (χ0n) is 26.6. The van der Waals surface area contributed by atoms with Crippen molar-refractivity contribution < 1.29 is 69.0 Å². The number of carboxylic acids is 1. The van der Waals surface area contributed by atoms with Gasteiger partial charge in [-0.3, -0.25) is 9.59 Å². The van der Waals surface area contributed by atoms with Crippen LogP contribution in [-0.4, -0.2) is 128 Å². The van der Waals surface area contributed by atoms with Gasteiger partial charge in [0, 0.05) is 13.3 Å². The van der Waals surface area contributed by atoms with Crippen molar-refractivity contribution in [1.29, 1.82) is 0 Å². The molecular formula is C32H52O14. The average Bonchev–Trinajstić information content (AvgIpc) is 3.01. The second-order valence-electron chi connectivity index (χ2n) is 11.5. The Morgan fingerprint density at radius 3 is 2.04 bits per heavy atom. The standard InChI is InChI=1S/C32H52O14/c1-20(16-14-12-10-8-6-4-3-5-7-9-11-13-15-17-24(35)36)43-32-30(28(40)26(38)23(45-32)19-42-21(2)34)46-31-29(41)27(39)25(37)22(18-33)44-31/h3-4,8,10,14,16,20,22-23,25-33,37-41H,5-7,9,11-13,15,17-19H2,1-2H3,(H,35,36)/b4-3-,10-8-,16-14-/t20-,22+,23+,25+,26+,27-,28-,29+,30+,31-,32+/m0/s1. The summed E-state index contributed by atoms with van der Waals surface area (Å²) in [5, 5.41) is 70.3. The van der Waals surface area contributed by atoms with Crippen LogP contribution in [0, 0.1) is 0 Å². The minimum atomic E-state index is -1.76. The van der Waals surface area contributed by atoms with Gasteiger partial charge in [-0.2, -0.15) is 0 Å². The molecule has 2 fully saturated rings. The number of aliphatic hydroxyl groups is 6. The summed E-state index contributed by atoms with van der Waals surface area (Å²) < 4.78 is 27.8. The molecule has 0 aromatic heterocycles. The van der Waals surface area contributed by atoms with Crippen LogP contribution in [0.3, 0.4) is 0 Å². The first-order valence-electron chi connectivity index (χ1n) is 15.9. The maximum absolute atomic E-state index is 11.3. The number of aliphatic carboxylic acids is 1. The lowest BCUT2D eigenvalue weighted by molar-refractivity contribution is -0.369. The van der Waals surface area contributed by atoms with E-state index in [0.29, 0.717) is 6.42 Å². The molecule has 46 heavy (non-hydrogen) atoms. The molecule has 2 aliphatic rings. The summed E-state index contributed by atoms with van der Waals surface area (Å²) in [5.41, 5.74) is 0. The van der Waals surface area contributed by atoms with Crippen LogP contribution in [0.5, 0.6) is 0 Å². The topological polar surface area (TPSA) is 222 Å². The number of allylic oxidation sites excluding steroid dienone is 5. The number of hydrogen-bond donors (Lipinski definition) is 7. The van der Waals surface area contributed by atoms with Gasteiger partial charge in [-0.15, -0.1) is 0 Å². The van der Waals surface area contributed by atoms with Crippen LogP contribution in [-0.2, 0) is 33.3 Å². The second-order valence-corrected chi connectivity index (χ2v) is 11.5. The molecule has 0 aromatic rings. The summed E-state index contributed by atoms with van der Waals surface area (Å²) in [5.74, 6) is -1.36. The normalized spacial score (nSPS) is 32.8. The molecule has 0 saturated carbocycles. The predicted molar refractivity (Wildman–Crippen MR) is 163 cm³/mol. The Hall–Kier alpha value is -2.24. The fourth-order valence-electron chi connectivity index (χ4n) is 4.99. The van der Waals surface area contributed by atoms with Gasteiger partial charge < -0.3 is 59.4 Å². The van der Waals surface area contributed by atoms with Crippen LogP contribution in [0.1, 0.15) is 71.6 Å². The van der Waals surface area contributed by atoms with E-state index >= 15 is 0 Å². The monoisotopic (exact) mass is 660 g/mol. The average molecular weight is 661 g/mol. The molecule has 11 atom stereocenters. The second kappa shape index (κ2) is 21.6. The summed E-state index contributed by atoms with van der Waals surface area (Å²) in [6.07, 6.45) is 3.60. The molecule has 0 spiro atoms. The van der Waals surface area contributed by atoms with E-state index in [9.17, 15) is 40.2 Å². The molecule has 0 bridgehead atoms. The van der Waals surface area contributed by atoms with Gasteiger partial charge in [0.2, 0.25) is 0 Å². The molecule has 2 rings (SSSR count). The van der Waals surface area contributed by atoms with Crippen molar-refractivity contribution in [3.63, 3.8) is 0 Å². The highest BCUT2D eigenvalue weighted by molar-refractivity contribution is 5.66. The van der Waals surface area contributed by atoms with E-state index in [-0.39, 0.29) is 13.0 Å². The van der Waals surface area contributed by atoms with Crippen LogP contribution >= 0.6 is 0 Å². The van der Waals surface area contributed by atoms with Gasteiger partial charge in [-0.25, -0.2) is 0 Å². The van der Waals surface area contributed by atoms with Crippen molar-refractivity contribution in [3.05, 3.63) is 36.5 Å². The molecule has 0 amide bonds. The van der Waals surface area contributed by atoms with Crippen LogP contribution in [0.4, 0.5) is 0 Å². The first kappa shape index (κ1) is 39.9. The first-order valence-corrected chi connectivity index (χ1v) is 15.9. The van der Waals surface area contributed by atoms with Gasteiger partial charge in [0.1, 0.15) is 55.4 Å². The zero-order valence-corrected chi connectivity index (χ0v) is 26.6. The molecule has 0 radical (unpaired) electrons. The number of unbranched alkanes of at least 4 members (excludes halogenated alkanes) is 5. The third-order valence-electron chi connectivity index (χ3n) is 7.63. The Morgan fingerprint density at radius 1 is 0.761 bits per heavy atom. The van der Waals surface area contributed by atoms with Gasteiger partial charge in [-0.05, 0) is 39.0 Å². The molecule has 14 heteroatoms. The lowest BCUT2D eigenvalue weighted by Crippen LogP contribution is -2.65. The van der Waals surface area contributed by atoms with E-state index < -0.39 is 86.1 Å².